The van der Waals surface area contributed by atoms with Gasteiger partial charge in [0.15, 0.2) is 0 Å². The van der Waals surface area contributed by atoms with E-state index in [0.29, 0.717) is 5.21 Å². The van der Waals surface area contributed by atoms with E-state index in [0.717, 1.165) is 10.4 Å². The normalized spacial score (nSPS) is 14.3. The fourth-order valence-corrected chi connectivity index (χ4v) is 14.3. The van der Waals surface area contributed by atoms with Crippen molar-refractivity contribution < 1.29 is 9.53 Å². The Bertz CT molecular complexity index is 1450. The molecule has 1 aliphatic heterocycles. The van der Waals surface area contributed by atoms with E-state index in [2.05, 4.69) is 103 Å². The molecule has 5 aromatic rings. The van der Waals surface area contributed by atoms with E-state index in [4.69, 9.17) is 4.74 Å². The first-order valence-electron chi connectivity index (χ1n) is 11.7. The predicted octanol–water partition coefficient (Wildman–Crippen LogP) is 6.37. The number of benzene rings is 5. The first kappa shape index (κ1) is 21.2. The van der Waals surface area contributed by atoms with Crippen LogP contribution < -0.4 is 4.35 Å². The number of esters is 1. The van der Waals surface area contributed by atoms with E-state index >= 15 is 0 Å². The fraction of sp³-hybridized carbons (Fsp3) is 0.129. The van der Waals surface area contributed by atoms with E-state index in [1.54, 1.807) is 0 Å². The molecule has 0 radical (unpaired) electrons. The van der Waals surface area contributed by atoms with Gasteiger partial charge < -0.3 is 0 Å². The Morgan fingerprint density at radius 2 is 1.18 bits per heavy atom. The van der Waals surface area contributed by atoms with Crippen molar-refractivity contribution in [3.63, 3.8) is 0 Å². The molecule has 166 valence electrons. The van der Waals surface area contributed by atoms with Crippen molar-refractivity contribution in [3.8, 4) is 11.1 Å². The van der Waals surface area contributed by atoms with Crippen LogP contribution in [0.25, 0.3) is 32.7 Å². The van der Waals surface area contributed by atoms with Crippen LogP contribution in [0.5, 0.6) is 0 Å². The Morgan fingerprint density at radius 3 is 1.71 bits per heavy atom. The molecular formula is C31H26AsO2+. The minimum atomic E-state index is -2.81. The van der Waals surface area contributed by atoms with Gasteiger partial charge in [0.1, 0.15) is 0 Å². The molecule has 6 rings (SSSR count). The van der Waals surface area contributed by atoms with Crippen LogP contribution >= 0.6 is 0 Å². The van der Waals surface area contributed by atoms with Crippen molar-refractivity contribution >= 4 is 45.4 Å². The van der Waals surface area contributed by atoms with Crippen molar-refractivity contribution in [1.82, 2.24) is 0 Å². The Kier molecular flexibility index (Phi) is 5.27. The van der Waals surface area contributed by atoms with Crippen molar-refractivity contribution in [3.05, 3.63) is 114 Å². The Labute approximate surface area is 202 Å². The molecule has 0 aliphatic carbocycles. The second-order valence-corrected chi connectivity index (χ2v) is 17.1. The van der Waals surface area contributed by atoms with Crippen LogP contribution in [-0.2, 0) is 19.9 Å². The third kappa shape index (κ3) is 3.45. The van der Waals surface area contributed by atoms with Gasteiger partial charge in [-0.05, 0) is 0 Å². The van der Waals surface area contributed by atoms with E-state index in [1.807, 2.05) is 0 Å². The summed E-state index contributed by atoms with van der Waals surface area (Å²) < 4.78 is 6.61. The van der Waals surface area contributed by atoms with Gasteiger partial charge in [-0.2, -0.15) is 0 Å². The Hall–Kier alpha value is -3.35. The average Bonchev–Trinajstić information content (AvgIpc) is 3.04. The van der Waals surface area contributed by atoms with Crippen LogP contribution in [-0.4, -0.2) is 26.6 Å². The van der Waals surface area contributed by atoms with Crippen LogP contribution in [0.15, 0.2) is 103 Å². The first-order chi connectivity index (χ1) is 16.7. The van der Waals surface area contributed by atoms with Gasteiger partial charge in [0, 0.05) is 0 Å². The summed E-state index contributed by atoms with van der Waals surface area (Å²) in [5.74, 6) is -0.0945. The number of carbonyl (C=O) groups is 1. The van der Waals surface area contributed by atoms with Gasteiger partial charge in [0.05, 0.1) is 0 Å². The van der Waals surface area contributed by atoms with Crippen LogP contribution in [0.2, 0.25) is 5.21 Å². The maximum absolute atomic E-state index is 12.8. The van der Waals surface area contributed by atoms with E-state index < -0.39 is 13.6 Å². The Morgan fingerprint density at radius 1 is 0.676 bits per heavy atom. The van der Waals surface area contributed by atoms with Gasteiger partial charge in [0.25, 0.3) is 0 Å². The van der Waals surface area contributed by atoms with Crippen molar-refractivity contribution in [2.75, 3.05) is 7.11 Å². The van der Waals surface area contributed by atoms with Crippen LogP contribution in [0.3, 0.4) is 0 Å². The fourth-order valence-electron chi connectivity index (χ4n) is 5.64. The molecule has 0 N–H and O–H groups in total. The molecule has 3 heteroatoms. The number of hydrogen-bond acceptors (Lipinski definition) is 2. The number of rotatable bonds is 3. The molecule has 0 spiro atoms. The van der Waals surface area contributed by atoms with Crippen molar-refractivity contribution in [2.24, 2.45) is 0 Å². The summed E-state index contributed by atoms with van der Waals surface area (Å²) in [7, 11) is 1.51. The average molecular weight is 505 g/mol. The maximum atomic E-state index is 12.8. The topological polar surface area (TPSA) is 26.3 Å². The quantitative estimate of drug-likeness (QED) is 0.211. The van der Waals surface area contributed by atoms with E-state index in [1.165, 1.54) is 55.3 Å². The molecule has 0 unspecified atom stereocenters. The predicted molar refractivity (Wildman–Crippen MR) is 143 cm³/mol. The molecule has 1 aliphatic rings. The van der Waals surface area contributed by atoms with Crippen LogP contribution in [0.4, 0.5) is 0 Å². The minimum absolute atomic E-state index is 0.0945. The molecule has 0 saturated carbocycles. The van der Waals surface area contributed by atoms with Gasteiger partial charge in [-0.25, -0.2) is 0 Å². The van der Waals surface area contributed by atoms with Crippen molar-refractivity contribution in [1.29, 1.82) is 0 Å². The molecular weight excluding hydrogens is 479 g/mol. The Balaban J connectivity index is 1.73. The molecule has 0 saturated heterocycles. The SMILES string of the molecule is COC(=O)C[As+]1(c2ccccc2)Cc2ccc3ccccc3c2-c2c(ccc3ccccc23)C1. The summed E-state index contributed by atoms with van der Waals surface area (Å²) in [6.45, 7) is 0. The van der Waals surface area contributed by atoms with Gasteiger partial charge in [-0.15, -0.1) is 0 Å². The zero-order valence-corrected chi connectivity index (χ0v) is 21.1. The molecule has 0 fully saturated rings. The molecule has 0 amide bonds. The summed E-state index contributed by atoms with van der Waals surface area (Å²) in [5.41, 5.74) is 5.39. The zero-order valence-electron chi connectivity index (χ0n) is 19.2. The van der Waals surface area contributed by atoms with Gasteiger partial charge in [0.2, 0.25) is 0 Å². The van der Waals surface area contributed by atoms with Gasteiger partial charge in [-0.3, -0.25) is 0 Å². The van der Waals surface area contributed by atoms with Crippen LogP contribution in [0.1, 0.15) is 11.1 Å². The summed E-state index contributed by atoms with van der Waals surface area (Å²) in [6.07, 6.45) is 0. The first-order valence-corrected chi connectivity index (χ1v) is 16.6. The van der Waals surface area contributed by atoms with Crippen molar-refractivity contribution in [2.45, 2.75) is 15.6 Å². The van der Waals surface area contributed by atoms with Crippen LogP contribution in [0, 0.1) is 0 Å². The number of fused-ring (bicyclic) bond motifs is 7. The zero-order chi connectivity index (χ0) is 23.1. The molecule has 2 nitrogen and oxygen atoms in total. The second kappa shape index (κ2) is 8.45. The molecule has 34 heavy (non-hydrogen) atoms. The standard InChI is InChI=1S/C31H26AsO2/c1-34-29(33)21-32(26-11-3-2-4-12-26)19-24-17-15-22-9-5-7-13-27(22)30(24)31-25(20-32)18-16-23-10-6-8-14-28(23)31/h2-18H,19-21H2,1H3/q+1. The molecule has 5 aromatic carbocycles. The number of methoxy groups -OCH3 is 1. The summed E-state index contributed by atoms with van der Waals surface area (Å²) >= 11 is -2.81. The third-order valence-corrected chi connectivity index (χ3v) is 15.9. The number of hydrogen-bond donors (Lipinski definition) is 0. The summed E-state index contributed by atoms with van der Waals surface area (Å²) in [5, 5.41) is 7.49. The molecule has 0 bridgehead atoms. The monoisotopic (exact) mass is 505 g/mol. The summed E-state index contributed by atoms with van der Waals surface area (Å²) in [6, 6.07) is 37.3. The summed E-state index contributed by atoms with van der Waals surface area (Å²) in [4.78, 5) is 12.8. The molecule has 0 atom stereocenters. The van der Waals surface area contributed by atoms with E-state index in [-0.39, 0.29) is 5.97 Å². The molecule has 1 heterocycles. The van der Waals surface area contributed by atoms with Gasteiger partial charge >= 0.3 is 203 Å². The van der Waals surface area contributed by atoms with E-state index in [9.17, 15) is 4.79 Å². The molecule has 0 aromatic heterocycles. The third-order valence-electron chi connectivity index (χ3n) is 7.19. The van der Waals surface area contributed by atoms with Gasteiger partial charge in [-0.1, -0.05) is 0 Å². The second-order valence-electron chi connectivity index (χ2n) is 9.17. The number of ether oxygens (including phenoxy) is 1. The number of carbonyl (C=O) groups excluding carboxylic acids is 1.